The Kier molecular flexibility index (Phi) is 7.06. The van der Waals surface area contributed by atoms with Gasteiger partial charge in [0.05, 0.1) is 0 Å². The molecule has 2 rings (SSSR count). The summed E-state index contributed by atoms with van der Waals surface area (Å²) in [5.41, 5.74) is 2.54. The van der Waals surface area contributed by atoms with Crippen LogP contribution in [0.1, 0.15) is 38.7 Å². The molecule has 2 N–H and O–H groups in total. The van der Waals surface area contributed by atoms with Crippen molar-refractivity contribution in [2.75, 3.05) is 5.32 Å². The Balaban J connectivity index is 0.000000745. The van der Waals surface area contributed by atoms with Gasteiger partial charge in [-0.1, -0.05) is 19.9 Å². The van der Waals surface area contributed by atoms with Gasteiger partial charge in [-0.15, -0.1) is 0 Å². The van der Waals surface area contributed by atoms with Gasteiger partial charge in [-0.25, -0.2) is 0 Å². The normalized spacial score (nSPS) is 16.6. The lowest BCUT2D eigenvalue weighted by Crippen LogP contribution is -2.18. The first-order valence-electron chi connectivity index (χ1n) is 7.32. The van der Waals surface area contributed by atoms with Crippen molar-refractivity contribution in [2.45, 2.75) is 39.5 Å². The number of nitrogens with one attached hydrogen (secondary N) is 1. The van der Waals surface area contributed by atoms with Gasteiger partial charge < -0.3 is 10.4 Å². The first-order valence-corrected chi connectivity index (χ1v) is 7.32. The zero-order valence-electron chi connectivity index (χ0n) is 12.9. The van der Waals surface area contributed by atoms with Crippen LogP contribution in [-0.4, -0.2) is 17.2 Å². The number of benzene rings is 1. The quantitative estimate of drug-likeness (QED) is 0.899. The molecule has 0 saturated carbocycles. The first-order chi connectivity index (χ1) is 10.5. The van der Waals surface area contributed by atoms with E-state index in [0.717, 1.165) is 36.8 Å². The summed E-state index contributed by atoms with van der Waals surface area (Å²) in [6, 6.07) is 5.21. The zero-order valence-corrected chi connectivity index (χ0v) is 12.9. The molecule has 0 heterocycles. The van der Waals surface area contributed by atoms with Gasteiger partial charge in [0.15, 0.2) is 0 Å². The SMILES string of the molecule is CCc1cc(O)cc(NC(=O)C2=CCCC(C)C2)c1.O=C=O. The van der Waals surface area contributed by atoms with E-state index < -0.39 is 0 Å². The van der Waals surface area contributed by atoms with Crippen LogP contribution in [0.3, 0.4) is 0 Å². The van der Waals surface area contributed by atoms with Gasteiger partial charge in [0, 0.05) is 17.3 Å². The molecular weight excluding hydrogens is 282 g/mol. The van der Waals surface area contributed by atoms with Crippen LogP contribution in [0.5, 0.6) is 5.75 Å². The predicted molar refractivity (Wildman–Crippen MR) is 82.2 cm³/mol. The summed E-state index contributed by atoms with van der Waals surface area (Å²) in [7, 11) is 0. The van der Waals surface area contributed by atoms with Crippen LogP contribution in [0, 0.1) is 5.92 Å². The number of hydrogen-bond donors (Lipinski definition) is 2. The number of amides is 1. The van der Waals surface area contributed by atoms with Crippen molar-refractivity contribution in [1.29, 1.82) is 0 Å². The van der Waals surface area contributed by atoms with Crippen molar-refractivity contribution in [3.05, 3.63) is 35.4 Å². The van der Waals surface area contributed by atoms with Gasteiger partial charge in [0.25, 0.3) is 5.91 Å². The van der Waals surface area contributed by atoms with Gasteiger partial charge in [-0.3, -0.25) is 4.79 Å². The Hall–Kier alpha value is -2.39. The number of aromatic hydroxyl groups is 1. The molecule has 1 aliphatic rings. The average Bonchev–Trinajstić information content (AvgIpc) is 2.47. The summed E-state index contributed by atoms with van der Waals surface area (Å²) in [5, 5.41) is 12.5. The van der Waals surface area contributed by atoms with Crippen LogP contribution in [0.15, 0.2) is 29.8 Å². The molecule has 1 aromatic rings. The van der Waals surface area contributed by atoms with Crippen molar-refractivity contribution in [2.24, 2.45) is 5.92 Å². The van der Waals surface area contributed by atoms with E-state index >= 15 is 0 Å². The van der Waals surface area contributed by atoms with Crippen LogP contribution in [0.2, 0.25) is 0 Å². The summed E-state index contributed by atoms with van der Waals surface area (Å²) in [6.45, 7) is 4.19. The van der Waals surface area contributed by atoms with Gasteiger partial charge in [0.1, 0.15) is 5.75 Å². The third-order valence-electron chi connectivity index (χ3n) is 3.55. The Morgan fingerprint density at radius 3 is 2.64 bits per heavy atom. The molecule has 1 amide bonds. The fourth-order valence-corrected chi connectivity index (χ4v) is 2.45. The van der Waals surface area contributed by atoms with E-state index in [2.05, 4.69) is 12.2 Å². The summed E-state index contributed by atoms with van der Waals surface area (Å²) in [4.78, 5) is 28.4. The lowest BCUT2D eigenvalue weighted by atomic mass is 9.90. The average molecular weight is 303 g/mol. The molecule has 0 aromatic heterocycles. The molecule has 1 aliphatic carbocycles. The van der Waals surface area contributed by atoms with E-state index in [1.807, 2.05) is 19.1 Å². The molecule has 1 aromatic carbocycles. The highest BCUT2D eigenvalue weighted by atomic mass is 16.3. The number of anilines is 1. The van der Waals surface area contributed by atoms with Crippen LogP contribution in [0.25, 0.3) is 0 Å². The number of hydrogen-bond acceptors (Lipinski definition) is 4. The topological polar surface area (TPSA) is 83.5 Å². The second-order valence-electron chi connectivity index (χ2n) is 5.40. The summed E-state index contributed by atoms with van der Waals surface area (Å²) >= 11 is 0. The van der Waals surface area contributed by atoms with Gasteiger partial charge in [-0.2, -0.15) is 9.59 Å². The zero-order chi connectivity index (χ0) is 16.5. The van der Waals surface area contributed by atoms with Crippen LogP contribution in [-0.2, 0) is 20.8 Å². The number of rotatable bonds is 3. The maximum Gasteiger partial charge on any atom is 0.373 e. The van der Waals surface area contributed by atoms with Crippen molar-refractivity contribution in [1.82, 2.24) is 0 Å². The molecule has 0 fully saturated rings. The second kappa shape index (κ2) is 8.80. The number of carbonyl (C=O) groups is 1. The molecule has 5 heteroatoms. The molecule has 0 bridgehead atoms. The van der Waals surface area contributed by atoms with Gasteiger partial charge in [0.2, 0.25) is 0 Å². The fraction of sp³-hybridized carbons (Fsp3) is 0.412. The third-order valence-corrected chi connectivity index (χ3v) is 3.55. The summed E-state index contributed by atoms with van der Waals surface area (Å²) < 4.78 is 0. The maximum atomic E-state index is 12.2. The van der Waals surface area contributed by atoms with Crippen LogP contribution < -0.4 is 5.32 Å². The maximum absolute atomic E-state index is 12.2. The molecule has 0 spiro atoms. The highest BCUT2D eigenvalue weighted by molar-refractivity contribution is 6.03. The summed E-state index contributed by atoms with van der Waals surface area (Å²) in [6.07, 6.45) is 6.08. The molecule has 22 heavy (non-hydrogen) atoms. The lowest BCUT2D eigenvalue weighted by Gasteiger charge is -2.18. The van der Waals surface area contributed by atoms with Gasteiger partial charge >= 0.3 is 6.15 Å². The van der Waals surface area contributed by atoms with Crippen molar-refractivity contribution >= 4 is 17.7 Å². The minimum absolute atomic E-state index is 0.0424. The molecule has 1 unspecified atom stereocenters. The first kappa shape index (κ1) is 17.7. The molecule has 5 nitrogen and oxygen atoms in total. The molecule has 118 valence electrons. The number of phenols is 1. The molecule has 1 atom stereocenters. The molecule has 0 saturated heterocycles. The number of carbonyl (C=O) groups excluding carboxylic acids is 3. The van der Waals surface area contributed by atoms with Crippen LogP contribution >= 0.6 is 0 Å². The van der Waals surface area contributed by atoms with E-state index in [0.29, 0.717) is 11.6 Å². The minimum atomic E-state index is -0.0424. The van der Waals surface area contributed by atoms with E-state index in [-0.39, 0.29) is 17.8 Å². The smallest absolute Gasteiger partial charge is 0.373 e. The van der Waals surface area contributed by atoms with E-state index in [4.69, 9.17) is 9.59 Å². The molecule has 0 aliphatic heterocycles. The van der Waals surface area contributed by atoms with Crippen molar-refractivity contribution in [3.8, 4) is 5.75 Å². The molecule has 0 radical (unpaired) electrons. The number of allylic oxidation sites excluding steroid dienone is 1. The monoisotopic (exact) mass is 303 g/mol. The predicted octanol–water partition coefficient (Wildman–Crippen LogP) is 3.06. The van der Waals surface area contributed by atoms with Gasteiger partial charge in [-0.05, 0) is 49.3 Å². The number of phenolic OH excluding ortho intramolecular Hbond substituents is 1. The highest BCUT2D eigenvalue weighted by Gasteiger charge is 2.17. The standard InChI is InChI=1S/C16H21NO2.CO2/c1-3-12-8-14(10-15(18)9-12)17-16(19)13-6-4-5-11(2)7-13;2-1-3/h6,8-11,18H,3-5,7H2,1-2H3,(H,17,19);. The Morgan fingerprint density at radius 1 is 1.36 bits per heavy atom. The molecular formula is C17H21NO4. The van der Waals surface area contributed by atoms with E-state index in [1.54, 1.807) is 12.1 Å². The minimum Gasteiger partial charge on any atom is -0.508 e. The fourth-order valence-electron chi connectivity index (χ4n) is 2.45. The van der Waals surface area contributed by atoms with Crippen LogP contribution in [0.4, 0.5) is 5.69 Å². The van der Waals surface area contributed by atoms with Crippen molar-refractivity contribution in [3.63, 3.8) is 0 Å². The Morgan fingerprint density at radius 2 is 2.05 bits per heavy atom. The Labute approximate surface area is 130 Å². The third kappa shape index (κ3) is 5.54. The Bertz CT molecular complexity index is 586. The summed E-state index contributed by atoms with van der Waals surface area (Å²) in [5.74, 6) is 0.723. The second-order valence-corrected chi connectivity index (χ2v) is 5.40. The number of aryl methyl sites for hydroxylation is 1. The highest BCUT2D eigenvalue weighted by Crippen LogP contribution is 2.25. The van der Waals surface area contributed by atoms with E-state index in [9.17, 15) is 9.90 Å². The van der Waals surface area contributed by atoms with E-state index in [1.165, 1.54) is 0 Å². The lowest BCUT2D eigenvalue weighted by molar-refractivity contribution is -0.191. The van der Waals surface area contributed by atoms with Crippen molar-refractivity contribution < 1.29 is 19.5 Å². The largest absolute Gasteiger partial charge is 0.508 e.